The lowest BCUT2D eigenvalue weighted by molar-refractivity contribution is 0.0131. The van der Waals surface area contributed by atoms with Gasteiger partial charge in [0.2, 0.25) is 0 Å². The Hall–Kier alpha value is -1.33. The Morgan fingerprint density at radius 2 is 2.17 bits per heavy atom. The third-order valence-electron chi connectivity index (χ3n) is 3.42. The zero-order valence-corrected chi connectivity index (χ0v) is 10.6. The van der Waals surface area contributed by atoms with Gasteiger partial charge in [-0.1, -0.05) is 12.8 Å². The van der Waals surface area contributed by atoms with Crippen molar-refractivity contribution in [2.75, 3.05) is 13.6 Å². The largest absolute Gasteiger partial charge is 0.478 e. The van der Waals surface area contributed by atoms with Crippen LogP contribution < -0.4 is 0 Å². The van der Waals surface area contributed by atoms with Gasteiger partial charge in [0.25, 0.3) is 0 Å². The molecule has 1 aliphatic rings. The summed E-state index contributed by atoms with van der Waals surface area (Å²) in [5.74, 6) is -0.376. The molecular weight excluding hydrogens is 234 g/mol. The number of carbonyl (C=O) groups is 1. The van der Waals surface area contributed by atoms with Crippen LogP contribution in [0.3, 0.4) is 0 Å². The quantitative estimate of drug-likeness (QED) is 0.835. The van der Waals surface area contributed by atoms with E-state index in [2.05, 4.69) is 0 Å². The van der Waals surface area contributed by atoms with E-state index < -0.39 is 11.6 Å². The van der Waals surface area contributed by atoms with Crippen molar-refractivity contribution in [1.82, 2.24) is 4.90 Å². The molecule has 2 rings (SSSR count). The first-order chi connectivity index (χ1) is 8.48. The molecule has 0 saturated heterocycles. The summed E-state index contributed by atoms with van der Waals surface area (Å²) in [6, 6.07) is 1.53. The van der Waals surface area contributed by atoms with Gasteiger partial charge in [0.05, 0.1) is 17.7 Å². The molecule has 1 aromatic rings. The van der Waals surface area contributed by atoms with Gasteiger partial charge in [-0.3, -0.25) is 4.90 Å². The molecule has 18 heavy (non-hydrogen) atoms. The summed E-state index contributed by atoms with van der Waals surface area (Å²) in [7, 11) is 1.90. The van der Waals surface area contributed by atoms with Crippen molar-refractivity contribution in [3.63, 3.8) is 0 Å². The summed E-state index contributed by atoms with van der Waals surface area (Å²) in [6.07, 6.45) is 5.09. The molecule has 0 unspecified atom stereocenters. The molecule has 1 heterocycles. The van der Waals surface area contributed by atoms with Gasteiger partial charge >= 0.3 is 5.97 Å². The van der Waals surface area contributed by atoms with Gasteiger partial charge < -0.3 is 14.6 Å². The molecule has 1 saturated carbocycles. The fraction of sp³-hybridized carbons (Fsp3) is 0.615. The molecule has 0 aromatic carbocycles. The van der Waals surface area contributed by atoms with Gasteiger partial charge in [-0.15, -0.1) is 0 Å². The van der Waals surface area contributed by atoms with E-state index in [0.29, 0.717) is 18.8 Å². The Bertz CT molecular complexity index is 420. The van der Waals surface area contributed by atoms with E-state index in [4.69, 9.17) is 9.52 Å². The van der Waals surface area contributed by atoms with Crippen LogP contribution in [0.15, 0.2) is 16.7 Å². The number of carboxylic acids is 1. The van der Waals surface area contributed by atoms with Crippen LogP contribution in [0.5, 0.6) is 0 Å². The first kappa shape index (κ1) is 13.1. The van der Waals surface area contributed by atoms with Crippen LogP contribution in [-0.2, 0) is 6.54 Å². The second-order valence-electron chi connectivity index (χ2n) is 5.21. The first-order valence-electron chi connectivity index (χ1n) is 6.20. The van der Waals surface area contributed by atoms with Crippen molar-refractivity contribution in [2.45, 2.75) is 37.8 Å². The number of carboxylic acid groups (broad SMARTS) is 1. The van der Waals surface area contributed by atoms with E-state index in [1.165, 1.54) is 12.3 Å². The number of hydrogen-bond acceptors (Lipinski definition) is 4. The number of rotatable bonds is 5. The number of furan rings is 1. The Balaban J connectivity index is 1.90. The number of hydrogen-bond donors (Lipinski definition) is 2. The summed E-state index contributed by atoms with van der Waals surface area (Å²) < 4.78 is 5.19. The number of aliphatic hydroxyl groups is 1. The second-order valence-corrected chi connectivity index (χ2v) is 5.21. The lowest BCUT2D eigenvalue weighted by Crippen LogP contribution is -2.38. The molecule has 100 valence electrons. The fourth-order valence-corrected chi connectivity index (χ4v) is 2.59. The normalized spacial score (nSPS) is 18.4. The maximum atomic E-state index is 10.7. The zero-order chi connectivity index (χ0) is 13.2. The van der Waals surface area contributed by atoms with Crippen molar-refractivity contribution >= 4 is 5.97 Å². The van der Waals surface area contributed by atoms with Gasteiger partial charge in [0.1, 0.15) is 12.0 Å². The van der Waals surface area contributed by atoms with E-state index in [9.17, 15) is 9.90 Å². The number of likely N-dealkylation sites (N-methyl/N-ethyl adjacent to an activating group) is 1. The Kier molecular flexibility index (Phi) is 3.73. The minimum Gasteiger partial charge on any atom is -0.478 e. The van der Waals surface area contributed by atoms with Gasteiger partial charge in [-0.05, 0) is 26.0 Å². The Morgan fingerprint density at radius 1 is 1.50 bits per heavy atom. The summed E-state index contributed by atoms with van der Waals surface area (Å²) >= 11 is 0. The monoisotopic (exact) mass is 253 g/mol. The van der Waals surface area contributed by atoms with E-state index in [-0.39, 0.29) is 5.56 Å². The minimum atomic E-state index is -0.984. The van der Waals surface area contributed by atoms with Gasteiger partial charge in [-0.25, -0.2) is 4.79 Å². The average molecular weight is 253 g/mol. The standard InChI is InChI=1S/C13H19NO4/c1-14(9-13(17)4-2-3-5-13)7-11-6-10(8-18-11)12(15)16/h6,8,17H,2-5,7,9H2,1H3,(H,15,16). The van der Waals surface area contributed by atoms with E-state index in [1.54, 1.807) is 0 Å². The second kappa shape index (κ2) is 5.12. The number of aromatic carboxylic acids is 1. The highest BCUT2D eigenvalue weighted by Gasteiger charge is 2.32. The molecule has 2 N–H and O–H groups in total. The van der Waals surface area contributed by atoms with E-state index >= 15 is 0 Å². The van der Waals surface area contributed by atoms with Crippen molar-refractivity contribution in [2.24, 2.45) is 0 Å². The summed E-state index contributed by atoms with van der Waals surface area (Å²) in [4.78, 5) is 12.7. The molecule has 0 aliphatic heterocycles. The predicted octanol–water partition coefficient (Wildman–Crippen LogP) is 1.71. The molecule has 0 radical (unpaired) electrons. The van der Waals surface area contributed by atoms with Crippen LogP contribution in [0.25, 0.3) is 0 Å². The number of nitrogens with zero attached hydrogens (tertiary/aromatic N) is 1. The highest BCUT2D eigenvalue weighted by atomic mass is 16.4. The van der Waals surface area contributed by atoms with Crippen LogP contribution in [0.2, 0.25) is 0 Å². The lowest BCUT2D eigenvalue weighted by atomic mass is 10.0. The predicted molar refractivity (Wildman–Crippen MR) is 65.4 cm³/mol. The summed E-state index contributed by atoms with van der Waals surface area (Å²) in [5.41, 5.74) is -0.422. The van der Waals surface area contributed by atoms with E-state index in [1.807, 2.05) is 11.9 Å². The van der Waals surface area contributed by atoms with Crippen molar-refractivity contribution in [3.05, 3.63) is 23.7 Å². The van der Waals surface area contributed by atoms with Crippen LogP contribution in [0.1, 0.15) is 41.8 Å². The summed E-state index contributed by atoms with van der Waals surface area (Å²) in [5, 5.41) is 19.1. The van der Waals surface area contributed by atoms with Gasteiger partial charge in [0, 0.05) is 6.54 Å². The first-order valence-corrected chi connectivity index (χ1v) is 6.20. The van der Waals surface area contributed by atoms with Crippen LogP contribution in [0, 0.1) is 0 Å². The van der Waals surface area contributed by atoms with Gasteiger partial charge in [0.15, 0.2) is 0 Å². The third kappa shape index (κ3) is 3.11. The van der Waals surface area contributed by atoms with Crippen molar-refractivity contribution in [3.8, 4) is 0 Å². The molecule has 0 amide bonds. The smallest absolute Gasteiger partial charge is 0.338 e. The van der Waals surface area contributed by atoms with Crippen LogP contribution in [-0.4, -0.2) is 40.3 Å². The SMILES string of the molecule is CN(Cc1cc(C(=O)O)co1)CC1(O)CCCC1. The van der Waals surface area contributed by atoms with Crippen LogP contribution >= 0.6 is 0 Å². The Morgan fingerprint density at radius 3 is 2.72 bits per heavy atom. The molecule has 5 nitrogen and oxygen atoms in total. The molecule has 5 heteroatoms. The Labute approximate surface area is 106 Å². The molecule has 0 bridgehead atoms. The van der Waals surface area contributed by atoms with E-state index in [0.717, 1.165) is 25.7 Å². The maximum Gasteiger partial charge on any atom is 0.338 e. The highest BCUT2D eigenvalue weighted by molar-refractivity contribution is 5.87. The maximum absolute atomic E-state index is 10.7. The molecule has 0 atom stereocenters. The highest BCUT2D eigenvalue weighted by Crippen LogP contribution is 2.30. The van der Waals surface area contributed by atoms with Crippen molar-refractivity contribution in [1.29, 1.82) is 0 Å². The van der Waals surface area contributed by atoms with Crippen LogP contribution in [0.4, 0.5) is 0 Å². The van der Waals surface area contributed by atoms with Gasteiger partial charge in [-0.2, -0.15) is 0 Å². The molecule has 1 aliphatic carbocycles. The molecule has 1 fully saturated rings. The lowest BCUT2D eigenvalue weighted by Gasteiger charge is -2.27. The molecule has 0 spiro atoms. The van der Waals surface area contributed by atoms with Crippen molar-refractivity contribution < 1.29 is 19.4 Å². The zero-order valence-electron chi connectivity index (χ0n) is 10.6. The molecular formula is C13H19NO4. The average Bonchev–Trinajstić information content (AvgIpc) is 2.87. The fourth-order valence-electron chi connectivity index (χ4n) is 2.59. The molecule has 1 aromatic heterocycles. The minimum absolute atomic E-state index is 0.165. The summed E-state index contributed by atoms with van der Waals surface area (Å²) in [6.45, 7) is 1.10. The third-order valence-corrected chi connectivity index (χ3v) is 3.42. The topological polar surface area (TPSA) is 73.9 Å².